The number of carbonyl (C=O) groups is 1. The van der Waals surface area contributed by atoms with Crippen LogP contribution in [0.2, 0.25) is 0 Å². The molecule has 4 heteroatoms. The summed E-state index contributed by atoms with van der Waals surface area (Å²) in [6, 6.07) is 10.7. The van der Waals surface area contributed by atoms with Gasteiger partial charge in [-0.1, -0.05) is 30.3 Å². The van der Waals surface area contributed by atoms with E-state index in [0.29, 0.717) is 17.5 Å². The molecule has 1 aliphatic rings. The third-order valence-electron chi connectivity index (χ3n) is 3.60. The molecule has 0 aliphatic heterocycles. The number of hydrogen-bond donors (Lipinski definition) is 1. The standard InChI is InChI=1S/C15H16N2O2/c1-10-16-14(9-19-10)15(18)17-13-7-12(8-13)11-5-3-2-4-6-11/h2-6,9,12-13H,7-8H2,1H3,(H,17,18). The molecule has 1 aromatic heterocycles. The summed E-state index contributed by atoms with van der Waals surface area (Å²) in [5.74, 6) is 0.930. The quantitative estimate of drug-likeness (QED) is 0.918. The van der Waals surface area contributed by atoms with Gasteiger partial charge in [-0.25, -0.2) is 4.98 Å². The molecular weight excluding hydrogens is 240 g/mol. The van der Waals surface area contributed by atoms with Crippen LogP contribution in [0.15, 0.2) is 41.0 Å². The van der Waals surface area contributed by atoms with Gasteiger partial charge in [0.25, 0.3) is 5.91 Å². The highest BCUT2D eigenvalue weighted by molar-refractivity contribution is 5.92. The van der Waals surface area contributed by atoms with Gasteiger partial charge < -0.3 is 9.73 Å². The average Bonchev–Trinajstić information content (AvgIpc) is 2.81. The highest BCUT2D eigenvalue weighted by atomic mass is 16.3. The molecular formula is C15H16N2O2. The van der Waals surface area contributed by atoms with Crippen molar-refractivity contribution in [3.8, 4) is 0 Å². The Kier molecular flexibility index (Phi) is 3.07. The van der Waals surface area contributed by atoms with E-state index in [1.165, 1.54) is 11.8 Å². The lowest BCUT2D eigenvalue weighted by atomic mass is 9.76. The second-order valence-electron chi connectivity index (χ2n) is 5.00. The predicted molar refractivity (Wildman–Crippen MR) is 70.9 cm³/mol. The Labute approximate surface area is 111 Å². The zero-order valence-electron chi connectivity index (χ0n) is 10.8. The highest BCUT2D eigenvalue weighted by Gasteiger charge is 2.31. The minimum atomic E-state index is -0.145. The number of nitrogens with one attached hydrogen (secondary N) is 1. The number of rotatable bonds is 3. The molecule has 1 aromatic carbocycles. The number of hydrogen-bond acceptors (Lipinski definition) is 3. The maximum atomic E-state index is 11.9. The zero-order valence-corrected chi connectivity index (χ0v) is 10.8. The average molecular weight is 256 g/mol. The van der Waals surface area contributed by atoms with Crippen LogP contribution in [-0.2, 0) is 0 Å². The SMILES string of the molecule is Cc1nc(C(=O)NC2CC(c3ccccc3)C2)co1. The molecule has 19 heavy (non-hydrogen) atoms. The van der Waals surface area contributed by atoms with Crippen LogP contribution in [0.5, 0.6) is 0 Å². The Morgan fingerprint density at radius 3 is 2.68 bits per heavy atom. The van der Waals surface area contributed by atoms with Crippen LogP contribution in [0.1, 0.15) is 40.7 Å². The lowest BCUT2D eigenvalue weighted by Crippen LogP contribution is -2.43. The smallest absolute Gasteiger partial charge is 0.273 e. The minimum Gasteiger partial charge on any atom is -0.448 e. The van der Waals surface area contributed by atoms with Gasteiger partial charge in [0.1, 0.15) is 6.26 Å². The third kappa shape index (κ3) is 2.52. The summed E-state index contributed by atoms with van der Waals surface area (Å²) in [5.41, 5.74) is 1.71. The second kappa shape index (κ2) is 4.88. The number of carbonyl (C=O) groups excluding carboxylic acids is 1. The van der Waals surface area contributed by atoms with E-state index in [1.54, 1.807) is 6.92 Å². The topological polar surface area (TPSA) is 55.1 Å². The summed E-state index contributed by atoms with van der Waals surface area (Å²) in [5, 5.41) is 2.98. The van der Waals surface area contributed by atoms with Crippen LogP contribution in [0.25, 0.3) is 0 Å². The molecule has 1 aliphatic carbocycles. The van der Waals surface area contributed by atoms with E-state index < -0.39 is 0 Å². The first-order valence-corrected chi connectivity index (χ1v) is 6.50. The summed E-state index contributed by atoms with van der Waals surface area (Å²) >= 11 is 0. The van der Waals surface area contributed by atoms with E-state index in [9.17, 15) is 4.79 Å². The fraction of sp³-hybridized carbons (Fsp3) is 0.333. The normalized spacial score (nSPS) is 21.7. The van der Waals surface area contributed by atoms with Gasteiger partial charge in [-0.2, -0.15) is 0 Å². The predicted octanol–water partition coefficient (Wildman–Crippen LogP) is 2.66. The molecule has 0 atom stereocenters. The summed E-state index contributed by atoms with van der Waals surface area (Å²) < 4.78 is 5.04. The first kappa shape index (κ1) is 12.0. The molecule has 0 radical (unpaired) electrons. The lowest BCUT2D eigenvalue weighted by Gasteiger charge is -2.36. The van der Waals surface area contributed by atoms with Crippen molar-refractivity contribution in [3.05, 3.63) is 53.7 Å². The highest BCUT2D eigenvalue weighted by Crippen LogP contribution is 2.36. The fourth-order valence-electron chi connectivity index (χ4n) is 2.46. The summed E-state index contributed by atoms with van der Waals surface area (Å²) in [6.45, 7) is 1.73. The van der Waals surface area contributed by atoms with E-state index >= 15 is 0 Å². The zero-order chi connectivity index (χ0) is 13.2. The summed E-state index contributed by atoms with van der Waals surface area (Å²) in [7, 11) is 0. The number of benzene rings is 1. The van der Waals surface area contributed by atoms with Gasteiger partial charge in [0.05, 0.1) is 0 Å². The van der Waals surface area contributed by atoms with Gasteiger partial charge in [-0.05, 0) is 24.3 Å². The molecule has 98 valence electrons. The van der Waals surface area contributed by atoms with Gasteiger partial charge >= 0.3 is 0 Å². The van der Waals surface area contributed by atoms with Crippen molar-refractivity contribution < 1.29 is 9.21 Å². The van der Waals surface area contributed by atoms with Crippen molar-refractivity contribution >= 4 is 5.91 Å². The monoisotopic (exact) mass is 256 g/mol. The van der Waals surface area contributed by atoms with Crippen molar-refractivity contribution in [2.45, 2.75) is 31.7 Å². The van der Waals surface area contributed by atoms with Crippen molar-refractivity contribution in [2.75, 3.05) is 0 Å². The number of nitrogens with zero attached hydrogens (tertiary/aromatic N) is 1. The van der Waals surface area contributed by atoms with Gasteiger partial charge in [-0.3, -0.25) is 4.79 Å². The molecule has 0 unspecified atom stereocenters. The van der Waals surface area contributed by atoms with Crippen molar-refractivity contribution in [2.24, 2.45) is 0 Å². The largest absolute Gasteiger partial charge is 0.448 e. The molecule has 1 saturated carbocycles. The second-order valence-corrected chi connectivity index (χ2v) is 5.00. The summed E-state index contributed by atoms with van der Waals surface area (Å²) in [6.07, 6.45) is 3.39. The van der Waals surface area contributed by atoms with Crippen LogP contribution < -0.4 is 5.32 Å². The third-order valence-corrected chi connectivity index (χ3v) is 3.60. The van der Waals surface area contributed by atoms with Crippen LogP contribution in [-0.4, -0.2) is 16.9 Å². The molecule has 1 amide bonds. The van der Waals surface area contributed by atoms with Crippen LogP contribution in [0, 0.1) is 6.92 Å². The molecule has 3 rings (SSSR count). The Balaban J connectivity index is 1.53. The first-order chi connectivity index (χ1) is 9.22. The Hall–Kier alpha value is -2.10. The minimum absolute atomic E-state index is 0.145. The molecule has 0 spiro atoms. The van der Waals surface area contributed by atoms with Gasteiger partial charge in [0.15, 0.2) is 11.6 Å². The maximum Gasteiger partial charge on any atom is 0.273 e. The Morgan fingerprint density at radius 2 is 2.05 bits per heavy atom. The van der Waals surface area contributed by atoms with Crippen molar-refractivity contribution in [1.82, 2.24) is 10.3 Å². The van der Waals surface area contributed by atoms with Crippen LogP contribution in [0.4, 0.5) is 0 Å². The lowest BCUT2D eigenvalue weighted by molar-refractivity contribution is 0.0903. The molecule has 4 nitrogen and oxygen atoms in total. The molecule has 0 saturated heterocycles. The van der Waals surface area contributed by atoms with Gasteiger partial charge in [0, 0.05) is 13.0 Å². The van der Waals surface area contributed by atoms with E-state index in [1.807, 2.05) is 6.07 Å². The molecule has 2 aromatic rings. The molecule has 1 N–H and O–H groups in total. The Bertz CT molecular complexity index is 571. The van der Waals surface area contributed by atoms with E-state index in [2.05, 4.69) is 34.6 Å². The number of oxazole rings is 1. The van der Waals surface area contributed by atoms with E-state index in [-0.39, 0.29) is 11.9 Å². The van der Waals surface area contributed by atoms with Crippen LogP contribution in [0.3, 0.4) is 0 Å². The first-order valence-electron chi connectivity index (χ1n) is 6.50. The van der Waals surface area contributed by atoms with Gasteiger partial charge in [0.2, 0.25) is 0 Å². The number of amides is 1. The Morgan fingerprint density at radius 1 is 1.32 bits per heavy atom. The van der Waals surface area contributed by atoms with Gasteiger partial charge in [-0.15, -0.1) is 0 Å². The fourth-order valence-corrected chi connectivity index (χ4v) is 2.46. The van der Waals surface area contributed by atoms with E-state index in [4.69, 9.17) is 4.42 Å². The molecule has 1 fully saturated rings. The van der Waals surface area contributed by atoms with Crippen LogP contribution >= 0.6 is 0 Å². The number of aryl methyl sites for hydroxylation is 1. The van der Waals surface area contributed by atoms with Crippen molar-refractivity contribution in [3.63, 3.8) is 0 Å². The maximum absolute atomic E-state index is 11.9. The number of aromatic nitrogens is 1. The molecule has 1 heterocycles. The van der Waals surface area contributed by atoms with E-state index in [0.717, 1.165) is 12.8 Å². The molecule has 0 bridgehead atoms. The summed E-state index contributed by atoms with van der Waals surface area (Å²) in [4.78, 5) is 15.9. The van der Waals surface area contributed by atoms with Crippen molar-refractivity contribution in [1.29, 1.82) is 0 Å².